The SMILES string of the molecule is COC(=O)CN(Cc1ccc(C(F)(F)F)cc1)Cc1nnc(-c2ccc(C)cc2)o1. The normalized spacial score (nSPS) is 11.7. The number of hydrogen-bond donors (Lipinski definition) is 0. The van der Waals surface area contributed by atoms with E-state index >= 15 is 0 Å². The van der Waals surface area contributed by atoms with Crippen LogP contribution in [0.25, 0.3) is 11.5 Å². The van der Waals surface area contributed by atoms with E-state index in [1.54, 1.807) is 4.90 Å². The number of halogens is 3. The fourth-order valence-electron chi connectivity index (χ4n) is 2.79. The molecular weight excluding hydrogens is 399 g/mol. The molecule has 1 heterocycles. The molecule has 0 aliphatic rings. The Hall–Kier alpha value is -3.20. The Morgan fingerprint density at radius 2 is 1.70 bits per heavy atom. The number of alkyl halides is 3. The van der Waals surface area contributed by atoms with Crippen LogP contribution in [0.15, 0.2) is 52.9 Å². The molecule has 0 saturated heterocycles. The van der Waals surface area contributed by atoms with E-state index in [0.717, 1.165) is 23.3 Å². The Morgan fingerprint density at radius 1 is 1.03 bits per heavy atom. The van der Waals surface area contributed by atoms with Gasteiger partial charge < -0.3 is 9.15 Å². The van der Waals surface area contributed by atoms with Crippen LogP contribution in [0, 0.1) is 6.92 Å². The van der Waals surface area contributed by atoms with E-state index in [4.69, 9.17) is 9.15 Å². The van der Waals surface area contributed by atoms with Gasteiger partial charge in [-0.1, -0.05) is 29.8 Å². The topological polar surface area (TPSA) is 68.5 Å². The highest BCUT2D eigenvalue weighted by atomic mass is 19.4. The number of carbonyl (C=O) groups excluding carboxylic acids is 1. The summed E-state index contributed by atoms with van der Waals surface area (Å²) >= 11 is 0. The van der Waals surface area contributed by atoms with Gasteiger partial charge in [-0.25, -0.2) is 0 Å². The summed E-state index contributed by atoms with van der Waals surface area (Å²) in [7, 11) is 1.26. The molecule has 158 valence electrons. The molecule has 0 saturated carbocycles. The smallest absolute Gasteiger partial charge is 0.416 e. The second kappa shape index (κ2) is 9.08. The molecule has 0 N–H and O–H groups in total. The number of nitrogens with zero attached hydrogens (tertiary/aromatic N) is 3. The van der Waals surface area contributed by atoms with Crippen molar-refractivity contribution in [3.05, 3.63) is 71.1 Å². The average molecular weight is 419 g/mol. The Morgan fingerprint density at radius 3 is 2.30 bits per heavy atom. The first kappa shape index (κ1) is 21.5. The van der Waals surface area contributed by atoms with E-state index < -0.39 is 17.7 Å². The van der Waals surface area contributed by atoms with Crippen LogP contribution < -0.4 is 0 Å². The van der Waals surface area contributed by atoms with Crippen LogP contribution in [-0.4, -0.2) is 34.7 Å². The average Bonchev–Trinajstić information content (AvgIpc) is 3.16. The standard InChI is InChI=1S/C21H20F3N3O3/c1-14-3-7-16(8-4-14)20-26-25-18(30-20)12-27(13-19(28)29-2)11-15-5-9-17(10-6-15)21(22,23)24/h3-10H,11-13H2,1-2H3. The summed E-state index contributed by atoms with van der Waals surface area (Å²) in [6, 6.07) is 12.3. The van der Waals surface area contributed by atoms with Crippen molar-refractivity contribution < 1.29 is 27.1 Å². The van der Waals surface area contributed by atoms with Gasteiger partial charge in [0.25, 0.3) is 0 Å². The van der Waals surface area contributed by atoms with Crippen LogP contribution in [0.4, 0.5) is 13.2 Å². The van der Waals surface area contributed by atoms with Crippen molar-refractivity contribution in [1.82, 2.24) is 15.1 Å². The summed E-state index contributed by atoms with van der Waals surface area (Å²) in [5, 5.41) is 8.05. The molecule has 30 heavy (non-hydrogen) atoms. The van der Waals surface area contributed by atoms with Gasteiger partial charge in [0.15, 0.2) is 0 Å². The molecule has 0 bridgehead atoms. The van der Waals surface area contributed by atoms with Crippen molar-refractivity contribution in [2.24, 2.45) is 0 Å². The van der Waals surface area contributed by atoms with Crippen molar-refractivity contribution >= 4 is 5.97 Å². The van der Waals surface area contributed by atoms with Crippen molar-refractivity contribution in [3.63, 3.8) is 0 Å². The number of esters is 1. The summed E-state index contributed by atoms with van der Waals surface area (Å²) in [6.45, 7) is 2.22. The largest absolute Gasteiger partial charge is 0.468 e. The van der Waals surface area contributed by atoms with Crippen molar-refractivity contribution in [2.75, 3.05) is 13.7 Å². The quantitative estimate of drug-likeness (QED) is 0.534. The molecule has 0 atom stereocenters. The molecule has 1 aromatic heterocycles. The first-order valence-electron chi connectivity index (χ1n) is 9.09. The summed E-state index contributed by atoms with van der Waals surface area (Å²) < 4.78 is 48.7. The summed E-state index contributed by atoms with van der Waals surface area (Å²) in [5.41, 5.74) is 1.73. The molecular formula is C21H20F3N3O3. The third-order valence-corrected chi connectivity index (χ3v) is 4.39. The Kier molecular flexibility index (Phi) is 6.51. The second-order valence-electron chi connectivity index (χ2n) is 6.78. The molecule has 3 aromatic rings. The highest BCUT2D eigenvalue weighted by Gasteiger charge is 2.30. The molecule has 0 fully saturated rings. The lowest BCUT2D eigenvalue weighted by Gasteiger charge is -2.19. The van der Waals surface area contributed by atoms with Gasteiger partial charge in [0.2, 0.25) is 11.8 Å². The number of rotatable bonds is 7. The Bertz CT molecular complexity index is 983. The predicted molar refractivity (Wildman–Crippen MR) is 102 cm³/mol. The first-order valence-corrected chi connectivity index (χ1v) is 9.09. The van der Waals surface area contributed by atoms with Crippen molar-refractivity contribution in [1.29, 1.82) is 0 Å². The summed E-state index contributed by atoms with van der Waals surface area (Å²) in [6.07, 6.45) is -4.40. The minimum absolute atomic E-state index is 0.0836. The maximum absolute atomic E-state index is 12.8. The fourth-order valence-corrected chi connectivity index (χ4v) is 2.79. The molecule has 0 aliphatic carbocycles. The monoisotopic (exact) mass is 419 g/mol. The third kappa shape index (κ3) is 5.66. The maximum Gasteiger partial charge on any atom is 0.416 e. The summed E-state index contributed by atoms with van der Waals surface area (Å²) in [4.78, 5) is 13.4. The highest BCUT2D eigenvalue weighted by molar-refractivity contribution is 5.71. The molecule has 0 aliphatic heterocycles. The van der Waals surface area contributed by atoms with Crippen LogP contribution in [0.5, 0.6) is 0 Å². The van der Waals surface area contributed by atoms with Gasteiger partial charge in [0, 0.05) is 12.1 Å². The van der Waals surface area contributed by atoms with Gasteiger partial charge in [0.1, 0.15) is 0 Å². The van der Waals surface area contributed by atoms with E-state index in [1.165, 1.54) is 19.2 Å². The lowest BCUT2D eigenvalue weighted by atomic mass is 10.1. The van der Waals surface area contributed by atoms with Gasteiger partial charge in [-0.15, -0.1) is 10.2 Å². The molecule has 0 amide bonds. The molecule has 2 aromatic carbocycles. The fraction of sp³-hybridized carbons (Fsp3) is 0.286. The van der Waals surface area contributed by atoms with Gasteiger partial charge in [0.05, 0.1) is 25.8 Å². The van der Waals surface area contributed by atoms with E-state index in [0.29, 0.717) is 11.5 Å². The zero-order valence-electron chi connectivity index (χ0n) is 16.4. The number of ether oxygens (including phenoxy) is 1. The van der Waals surface area contributed by atoms with Crippen molar-refractivity contribution in [3.8, 4) is 11.5 Å². The summed E-state index contributed by atoms with van der Waals surface area (Å²) in [5.74, 6) is 0.138. The van der Waals surface area contributed by atoms with E-state index in [2.05, 4.69) is 10.2 Å². The predicted octanol–water partition coefficient (Wildman–Crippen LogP) is 4.24. The van der Waals surface area contributed by atoms with Crippen molar-refractivity contribution in [2.45, 2.75) is 26.2 Å². The third-order valence-electron chi connectivity index (χ3n) is 4.39. The van der Waals surface area contributed by atoms with Gasteiger partial charge in [-0.2, -0.15) is 13.2 Å². The minimum Gasteiger partial charge on any atom is -0.468 e. The maximum atomic E-state index is 12.8. The number of methoxy groups -OCH3 is 1. The van der Waals surface area contributed by atoms with Gasteiger partial charge >= 0.3 is 12.1 Å². The zero-order valence-corrected chi connectivity index (χ0v) is 16.4. The molecule has 0 spiro atoms. The van der Waals surface area contributed by atoms with Crippen LogP contribution >= 0.6 is 0 Å². The van der Waals surface area contributed by atoms with Gasteiger partial charge in [-0.05, 0) is 36.8 Å². The zero-order chi connectivity index (χ0) is 21.7. The molecule has 0 radical (unpaired) electrons. The number of hydrogen-bond acceptors (Lipinski definition) is 6. The lowest BCUT2D eigenvalue weighted by Crippen LogP contribution is -2.30. The lowest BCUT2D eigenvalue weighted by molar-refractivity contribution is -0.142. The number of benzene rings is 2. The number of aryl methyl sites for hydroxylation is 1. The van der Waals surface area contributed by atoms with Crippen LogP contribution in [0.1, 0.15) is 22.6 Å². The van der Waals surface area contributed by atoms with Crippen LogP contribution in [0.2, 0.25) is 0 Å². The first-order chi connectivity index (χ1) is 14.2. The molecule has 3 rings (SSSR count). The minimum atomic E-state index is -4.40. The molecule has 9 heteroatoms. The van der Waals surface area contributed by atoms with E-state index in [-0.39, 0.29) is 25.5 Å². The second-order valence-corrected chi connectivity index (χ2v) is 6.78. The van der Waals surface area contributed by atoms with Crippen LogP contribution in [-0.2, 0) is 28.8 Å². The van der Waals surface area contributed by atoms with E-state index in [9.17, 15) is 18.0 Å². The Labute approximate surface area is 171 Å². The molecule has 6 nitrogen and oxygen atoms in total. The number of aromatic nitrogens is 2. The highest BCUT2D eigenvalue weighted by Crippen LogP contribution is 2.29. The van der Waals surface area contributed by atoms with Gasteiger partial charge in [-0.3, -0.25) is 9.69 Å². The Balaban J connectivity index is 1.74. The number of carbonyl (C=O) groups is 1. The van der Waals surface area contributed by atoms with Crippen LogP contribution in [0.3, 0.4) is 0 Å². The molecule has 0 unspecified atom stereocenters. The van der Waals surface area contributed by atoms with E-state index in [1.807, 2.05) is 31.2 Å².